The lowest BCUT2D eigenvalue weighted by Gasteiger charge is -2.09. The van der Waals surface area contributed by atoms with Gasteiger partial charge >= 0.3 is 6.09 Å². The van der Waals surface area contributed by atoms with E-state index in [9.17, 15) is 22.8 Å². The minimum atomic E-state index is -4.06. The molecule has 0 spiro atoms. The second kappa shape index (κ2) is 9.07. The third-order valence-electron chi connectivity index (χ3n) is 2.92. The number of nitrogens with zero attached hydrogens (tertiary/aromatic N) is 1. The Morgan fingerprint density at radius 3 is 2.41 bits per heavy atom. The molecule has 0 saturated heterocycles. The molecule has 0 atom stereocenters. The fourth-order valence-electron chi connectivity index (χ4n) is 1.71. The van der Waals surface area contributed by atoms with Gasteiger partial charge in [-0.25, -0.2) is 18.2 Å². The SMILES string of the molecule is COC(=O)Nc1ccc(S(=O)(=O)NNC(=O)CC(=O)Nc2nccs2)cc1. The summed E-state index contributed by atoms with van der Waals surface area (Å²) < 4.78 is 28.7. The number of carbonyl (C=O) groups excluding carboxylic acids is 3. The maximum absolute atomic E-state index is 12.1. The molecule has 1 heterocycles. The second-order valence-corrected chi connectivity index (χ2v) is 7.43. The summed E-state index contributed by atoms with van der Waals surface area (Å²) in [6, 6.07) is 5.12. The van der Waals surface area contributed by atoms with Crippen LogP contribution >= 0.6 is 11.3 Å². The van der Waals surface area contributed by atoms with Crippen molar-refractivity contribution in [2.45, 2.75) is 11.3 Å². The van der Waals surface area contributed by atoms with E-state index in [0.29, 0.717) is 10.8 Å². The van der Waals surface area contributed by atoms with Crippen LogP contribution in [0, 0.1) is 0 Å². The van der Waals surface area contributed by atoms with Gasteiger partial charge in [0.2, 0.25) is 11.8 Å². The molecule has 0 aliphatic carbocycles. The van der Waals surface area contributed by atoms with Crippen molar-refractivity contribution in [3.8, 4) is 0 Å². The third kappa shape index (κ3) is 6.32. The van der Waals surface area contributed by atoms with E-state index in [-0.39, 0.29) is 4.90 Å². The summed E-state index contributed by atoms with van der Waals surface area (Å²) >= 11 is 1.18. The second-order valence-electron chi connectivity index (χ2n) is 4.86. The number of hydrogen-bond acceptors (Lipinski definition) is 8. The summed E-state index contributed by atoms with van der Waals surface area (Å²) in [5.74, 6) is -1.49. The molecule has 1 aromatic carbocycles. The highest BCUT2D eigenvalue weighted by atomic mass is 32.2. The van der Waals surface area contributed by atoms with Crippen molar-refractivity contribution in [1.82, 2.24) is 15.2 Å². The lowest BCUT2D eigenvalue weighted by molar-refractivity contribution is -0.127. The van der Waals surface area contributed by atoms with Crippen molar-refractivity contribution < 1.29 is 27.5 Å². The molecule has 13 heteroatoms. The monoisotopic (exact) mass is 413 g/mol. The highest BCUT2D eigenvalue weighted by Crippen LogP contribution is 2.14. The van der Waals surface area contributed by atoms with Crippen molar-refractivity contribution in [2.24, 2.45) is 0 Å². The van der Waals surface area contributed by atoms with Crippen molar-refractivity contribution in [1.29, 1.82) is 0 Å². The molecule has 0 aliphatic heterocycles. The van der Waals surface area contributed by atoms with E-state index in [2.05, 4.69) is 20.4 Å². The molecule has 144 valence electrons. The highest BCUT2D eigenvalue weighted by molar-refractivity contribution is 7.89. The first kappa shape index (κ1) is 20.3. The summed E-state index contributed by atoms with van der Waals surface area (Å²) in [7, 11) is -2.87. The average Bonchev–Trinajstić information content (AvgIpc) is 3.13. The molecular formula is C14H15N5O6S2. The molecule has 2 aromatic rings. The van der Waals surface area contributed by atoms with E-state index >= 15 is 0 Å². The number of carbonyl (C=O) groups is 3. The number of methoxy groups -OCH3 is 1. The van der Waals surface area contributed by atoms with Crippen molar-refractivity contribution in [2.75, 3.05) is 17.7 Å². The topological polar surface area (TPSA) is 156 Å². The van der Waals surface area contributed by atoms with Crippen LogP contribution < -0.4 is 20.9 Å². The van der Waals surface area contributed by atoms with Gasteiger partial charge in [-0.3, -0.25) is 20.3 Å². The quantitative estimate of drug-likeness (QED) is 0.384. The van der Waals surface area contributed by atoms with Gasteiger partial charge in [-0.1, -0.05) is 0 Å². The van der Waals surface area contributed by atoms with E-state index in [1.807, 2.05) is 10.3 Å². The zero-order chi connectivity index (χ0) is 19.9. The lowest BCUT2D eigenvalue weighted by atomic mass is 10.3. The number of hydrogen-bond donors (Lipinski definition) is 4. The van der Waals surface area contributed by atoms with Crippen LogP contribution in [-0.2, 0) is 24.3 Å². The number of amides is 3. The number of thiazole rings is 1. The largest absolute Gasteiger partial charge is 0.453 e. The fourth-order valence-corrected chi connectivity index (χ4v) is 3.11. The number of aromatic nitrogens is 1. The molecule has 0 bridgehead atoms. The normalized spacial score (nSPS) is 10.7. The molecule has 0 radical (unpaired) electrons. The van der Waals surface area contributed by atoms with E-state index in [4.69, 9.17) is 0 Å². The van der Waals surface area contributed by atoms with Gasteiger partial charge in [0.05, 0.1) is 12.0 Å². The third-order valence-corrected chi connectivity index (χ3v) is 4.87. The van der Waals surface area contributed by atoms with Crippen LogP contribution in [0.1, 0.15) is 6.42 Å². The van der Waals surface area contributed by atoms with Crippen molar-refractivity contribution in [3.05, 3.63) is 35.8 Å². The fraction of sp³-hybridized carbons (Fsp3) is 0.143. The number of sulfonamides is 1. The Morgan fingerprint density at radius 1 is 1.11 bits per heavy atom. The Balaban J connectivity index is 1.87. The predicted octanol–water partition coefficient (Wildman–Crippen LogP) is 0.660. The van der Waals surface area contributed by atoms with Crippen molar-refractivity contribution in [3.63, 3.8) is 0 Å². The molecule has 0 unspecified atom stereocenters. The van der Waals surface area contributed by atoms with Gasteiger partial charge in [0.1, 0.15) is 6.42 Å². The molecule has 0 aliphatic rings. The molecule has 4 N–H and O–H groups in total. The molecule has 0 saturated carbocycles. The number of ether oxygens (including phenoxy) is 1. The van der Waals surface area contributed by atoms with Crippen LogP contribution in [0.25, 0.3) is 0 Å². The minimum absolute atomic E-state index is 0.162. The predicted molar refractivity (Wildman–Crippen MR) is 96.3 cm³/mol. The molecule has 3 amide bonds. The van der Waals surface area contributed by atoms with E-state index < -0.39 is 34.4 Å². The molecule has 11 nitrogen and oxygen atoms in total. The van der Waals surface area contributed by atoms with Gasteiger partial charge in [-0.2, -0.15) is 0 Å². The zero-order valence-electron chi connectivity index (χ0n) is 13.9. The Kier molecular flexibility index (Phi) is 6.81. The summed E-state index contributed by atoms with van der Waals surface area (Å²) in [6.07, 6.45) is 0.192. The Labute approximate surface area is 158 Å². The smallest absolute Gasteiger partial charge is 0.411 e. The van der Waals surface area contributed by atoms with Gasteiger partial charge in [0.25, 0.3) is 10.0 Å². The van der Waals surface area contributed by atoms with Crippen LogP contribution in [-0.4, -0.2) is 38.4 Å². The van der Waals surface area contributed by atoms with E-state index in [0.717, 1.165) is 0 Å². The number of rotatable bonds is 7. The first-order valence-corrected chi connectivity index (χ1v) is 9.61. The van der Waals surface area contributed by atoms with Gasteiger partial charge in [0, 0.05) is 17.3 Å². The van der Waals surface area contributed by atoms with Gasteiger partial charge in [-0.05, 0) is 24.3 Å². The van der Waals surface area contributed by atoms with Crippen LogP contribution in [0.15, 0.2) is 40.7 Å². The summed E-state index contributed by atoms with van der Waals surface area (Å²) in [5.41, 5.74) is 2.27. The Morgan fingerprint density at radius 2 is 1.81 bits per heavy atom. The minimum Gasteiger partial charge on any atom is -0.453 e. The zero-order valence-corrected chi connectivity index (χ0v) is 15.5. The molecule has 27 heavy (non-hydrogen) atoms. The van der Waals surface area contributed by atoms with Crippen LogP contribution in [0.5, 0.6) is 0 Å². The maximum atomic E-state index is 12.1. The van der Waals surface area contributed by atoms with E-state index in [1.54, 1.807) is 5.38 Å². The standard InChI is InChI=1S/C14H15N5O6S2/c1-25-14(22)16-9-2-4-10(5-3-9)27(23,24)19-18-12(21)8-11(20)17-13-15-6-7-26-13/h2-7,19H,8H2,1H3,(H,16,22)(H,18,21)(H,15,17,20). The maximum Gasteiger partial charge on any atom is 0.411 e. The summed E-state index contributed by atoms with van der Waals surface area (Å²) in [4.78, 5) is 40.0. The van der Waals surface area contributed by atoms with Crippen LogP contribution in [0.4, 0.5) is 15.6 Å². The molecule has 1 aromatic heterocycles. The summed E-state index contributed by atoms with van der Waals surface area (Å²) in [5, 5.41) is 6.74. The molecule has 2 rings (SSSR count). The molecule has 0 fully saturated rings. The van der Waals surface area contributed by atoms with Crippen molar-refractivity contribution >= 4 is 50.1 Å². The first-order valence-electron chi connectivity index (χ1n) is 7.25. The van der Waals surface area contributed by atoms with E-state index in [1.165, 1.54) is 48.9 Å². The first-order chi connectivity index (χ1) is 12.8. The van der Waals surface area contributed by atoms with Gasteiger partial charge in [0.15, 0.2) is 5.13 Å². The van der Waals surface area contributed by atoms with Gasteiger partial charge in [-0.15, -0.1) is 16.2 Å². The lowest BCUT2D eigenvalue weighted by Crippen LogP contribution is -2.42. The van der Waals surface area contributed by atoms with Gasteiger partial charge < -0.3 is 10.1 Å². The summed E-state index contributed by atoms with van der Waals surface area (Å²) in [6.45, 7) is 0. The number of benzene rings is 1. The average molecular weight is 413 g/mol. The number of anilines is 2. The Bertz CT molecular complexity index is 912. The number of nitrogens with one attached hydrogen (secondary N) is 4. The van der Waals surface area contributed by atoms with Crippen LogP contribution in [0.2, 0.25) is 0 Å². The number of hydrazine groups is 1. The highest BCUT2D eigenvalue weighted by Gasteiger charge is 2.17. The van der Waals surface area contributed by atoms with Crippen LogP contribution in [0.3, 0.4) is 0 Å². The Hall–Kier alpha value is -3.03. The molecular weight excluding hydrogens is 398 g/mol.